The molecule has 1 N–H and O–H groups in total. The molecule has 2 fully saturated rings. The van der Waals surface area contributed by atoms with E-state index < -0.39 is 14.9 Å². The summed E-state index contributed by atoms with van der Waals surface area (Å²) in [6.45, 7) is 1.58. The number of nitrogens with one attached hydrogen (secondary N) is 1. The van der Waals surface area contributed by atoms with Gasteiger partial charge in [0.25, 0.3) is 0 Å². The van der Waals surface area contributed by atoms with Crippen molar-refractivity contribution in [2.24, 2.45) is 0 Å². The van der Waals surface area contributed by atoms with Crippen molar-refractivity contribution >= 4 is 33.5 Å². The van der Waals surface area contributed by atoms with Gasteiger partial charge in [-0.25, -0.2) is 13.2 Å². The van der Waals surface area contributed by atoms with Crippen LogP contribution in [0.5, 0.6) is 0 Å². The van der Waals surface area contributed by atoms with Crippen molar-refractivity contribution < 1.29 is 13.2 Å². The average molecular weight is 418 g/mol. The van der Waals surface area contributed by atoms with Gasteiger partial charge in [-0.05, 0) is 37.1 Å². The van der Waals surface area contributed by atoms with Gasteiger partial charge in [0.05, 0.1) is 9.77 Å². The Morgan fingerprint density at radius 3 is 2.18 bits per heavy atom. The third-order valence-corrected chi connectivity index (χ3v) is 8.96. The highest BCUT2D eigenvalue weighted by Gasteiger charge is 2.50. The fraction of sp³-hybridized carbons (Fsp3) is 0.350. The van der Waals surface area contributed by atoms with Crippen LogP contribution in [0.2, 0.25) is 0 Å². The summed E-state index contributed by atoms with van der Waals surface area (Å²) in [5, 5.41) is 2.91. The van der Waals surface area contributed by atoms with Gasteiger partial charge in [-0.1, -0.05) is 36.4 Å². The van der Waals surface area contributed by atoms with Gasteiger partial charge in [0.15, 0.2) is 0 Å². The number of hydrogen-bond acceptors (Lipinski definition) is 4. The van der Waals surface area contributed by atoms with Gasteiger partial charge in [0.1, 0.15) is 0 Å². The average Bonchev–Trinajstić information content (AvgIpc) is 3.14. The van der Waals surface area contributed by atoms with Crippen molar-refractivity contribution in [1.82, 2.24) is 9.21 Å². The Kier molecular flexibility index (Phi) is 5.35. The number of likely N-dealkylation sites (tertiary alicyclic amines) is 1. The van der Waals surface area contributed by atoms with Crippen molar-refractivity contribution in [3.05, 3.63) is 60.7 Å². The molecule has 2 aliphatic heterocycles. The van der Waals surface area contributed by atoms with Gasteiger partial charge in [-0.3, -0.25) is 0 Å². The van der Waals surface area contributed by atoms with Gasteiger partial charge in [0, 0.05) is 31.1 Å². The largest absolute Gasteiger partial charge is 0.324 e. The molecule has 0 unspecified atom stereocenters. The first kappa shape index (κ1) is 19.3. The second-order valence-electron chi connectivity index (χ2n) is 6.97. The number of rotatable bonds is 3. The Labute approximate surface area is 170 Å². The second-order valence-corrected chi connectivity index (χ2v) is 10.3. The van der Waals surface area contributed by atoms with Crippen LogP contribution in [0.3, 0.4) is 0 Å². The Morgan fingerprint density at radius 2 is 1.54 bits per heavy atom. The summed E-state index contributed by atoms with van der Waals surface area (Å²) in [7, 11) is -3.54. The van der Waals surface area contributed by atoms with E-state index in [2.05, 4.69) is 5.32 Å². The van der Waals surface area contributed by atoms with E-state index >= 15 is 0 Å². The summed E-state index contributed by atoms with van der Waals surface area (Å²) >= 11 is 1.70. The van der Waals surface area contributed by atoms with Crippen LogP contribution < -0.4 is 5.32 Å². The van der Waals surface area contributed by atoms with Crippen molar-refractivity contribution in [3.8, 4) is 0 Å². The van der Waals surface area contributed by atoms with Crippen LogP contribution in [-0.2, 0) is 10.0 Å². The first-order valence-electron chi connectivity index (χ1n) is 9.34. The number of nitrogens with zero attached hydrogens (tertiary/aromatic N) is 2. The summed E-state index contributed by atoms with van der Waals surface area (Å²) in [5.41, 5.74) is 0.760. The Balaban J connectivity index is 1.46. The number of piperidine rings is 1. The highest BCUT2D eigenvalue weighted by molar-refractivity contribution is 8.02. The minimum atomic E-state index is -3.54. The zero-order valence-electron chi connectivity index (χ0n) is 15.5. The highest BCUT2D eigenvalue weighted by atomic mass is 32.2. The Bertz CT molecular complexity index is 928. The maximum atomic E-state index is 13.2. The van der Waals surface area contributed by atoms with Crippen LogP contribution in [0.1, 0.15) is 12.8 Å². The molecule has 2 saturated heterocycles. The third-order valence-electron chi connectivity index (χ3n) is 5.31. The summed E-state index contributed by atoms with van der Waals surface area (Å²) in [6, 6.07) is 17.8. The molecule has 8 heteroatoms. The Morgan fingerprint density at radius 1 is 0.929 bits per heavy atom. The number of para-hydroxylation sites is 1. The fourth-order valence-electron chi connectivity index (χ4n) is 3.83. The molecule has 2 aromatic rings. The molecule has 2 heterocycles. The van der Waals surface area contributed by atoms with E-state index in [0.29, 0.717) is 37.4 Å². The number of anilines is 1. The van der Waals surface area contributed by atoms with Crippen molar-refractivity contribution in [2.45, 2.75) is 22.6 Å². The summed E-state index contributed by atoms with van der Waals surface area (Å²) < 4.78 is 28.0. The number of carbonyl (C=O) groups is 1. The summed E-state index contributed by atoms with van der Waals surface area (Å²) in [6.07, 6.45) is 1.26. The Hall–Kier alpha value is -2.03. The minimum Gasteiger partial charge on any atom is -0.324 e. The van der Waals surface area contributed by atoms with Crippen molar-refractivity contribution in [1.29, 1.82) is 0 Å². The number of urea groups is 1. The highest BCUT2D eigenvalue weighted by Crippen LogP contribution is 2.46. The van der Waals surface area contributed by atoms with Crippen LogP contribution in [0, 0.1) is 0 Å². The molecule has 0 aliphatic carbocycles. The van der Waals surface area contributed by atoms with Gasteiger partial charge in [-0.15, -0.1) is 11.8 Å². The molecule has 0 bridgehead atoms. The number of hydrogen-bond donors (Lipinski definition) is 1. The van der Waals surface area contributed by atoms with Gasteiger partial charge < -0.3 is 10.2 Å². The van der Waals surface area contributed by atoms with E-state index in [0.717, 1.165) is 11.4 Å². The van der Waals surface area contributed by atoms with Crippen LogP contribution in [0.15, 0.2) is 65.6 Å². The van der Waals surface area contributed by atoms with E-state index in [1.54, 1.807) is 45.2 Å². The molecule has 2 amide bonds. The lowest BCUT2D eigenvalue weighted by Gasteiger charge is -2.43. The van der Waals surface area contributed by atoms with Crippen LogP contribution in [0.25, 0.3) is 0 Å². The topological polar surface area (TPSA) is 69.7 Å². The zero-order chi connectivity index (χ0) is 19.6. The first-order valence-corrected chi connectivity index (χ1v) is 11.8. The van der Waals surface area contributed by atoms with E-state index in [-0.39, 0.29) is 6.03 Å². The summed E-state index contributed by atoms with van der Waals surface area (Å²) in [5.74, 6) is 0.780. The molecule has 28 heavy (non-hydrogen) atoms. The third kappa shape index (κ3) is 3.64. The number of sulfonamides is 1. The van der Waals surface area contributed by atoms with Crippen molar-refractivity contribution in [3.63, 3.8) is 0 Å². The van der Waals surface area contributed by atoms with Gasteiger partial charge >= 0.3 is 6.03 Å². The van der Waals surface area contributed by atoms with Crippen LogP contribution in [-0.4, -0.2) is 53.9 Å². The molecule has 0 saturated carbocycles. The quantitative estimate of drug-likeness (QED) is 0.831. The molecule has 0 atom stereocenters. The SMILES string of the molecule is O=C(Nc1ccccc1)N1CCC2(CC1)SCCN2S(=O)(=O)c1ccccc1. The molecule has 0 aromatic heterocycles. The van der Waals surface area contributed by atoms with Crippen molar-refractivity contribution in [2.75, 3.05) is 30.7 Å². The predicted molar refractivity (Wildman–Crippen MR) is 112 cm³/mol. The lowest BCUT2D eigenvalue weighted by Crippen LogP contribution is -2.54. The monoisotopic (exact) mass is 417 g/mol. The minimum absolute atomic E-state index is 0.137. The smallest absolute Gasteiger partial charge is 0.321 e. The lowest BCUT2D eigenvalue weighted by molar-refractivity contribution is 0.160. The predicted octanol–water partition coefficient (Wildman–Crippen LogP) is 3.45. The molecule has 6 nitrogen and oxygen atoms in total. The van der Waals surface area contributed by atoms with Gasteiger partial charge in [-0.2, -0.15) is 4.31 Å². The fourth-order valence-corrected chi connectivity index (χ4v) is 7.47. The molecular formula is C20H23N3O3S2. The first-order chi connectivity index (χ1) is 13.5. The van der Waals surface area contributed by atoms with Crippen LogP contribution in [0.4, 0.5) is 10.5 Å². The molecule has 1 spiro atoms. The molecule has 148 valence electrons. The van der Waals surface area contributed by atoms with E-state index in [9.17, 15) is 13.2 Å². The molecule has 2 aromatic carbocycles. The number of amides is 2. The maximum absolute atomic E-state index is 13.2. The number of benzene rings is 2. The zero-order valence-corrected chi connectivity index (χ0v) is 17.1. The molecule has 2 aliphatic rings. The molecule has 0 radical (unpaired) electrons. The lowest BCUT2D eigenvalue weighted by atomic mass is 10.0. The van der Waals surface area contributed by atoms with E-state index in [1.807, 2.05) is 36.4 Å². The standard InChI is InChI=1S/C20H23N3O3S2/c24-19(21-17-7-3-1-4-8-17)22-13-11-20(12-14-22)23(15-16-27-20)28(25,26)18-9-5-2-6-10-18/h1-10H,11-16H2,(H,21,24). The maximum Gasteiger partial charge on any atom is 0.321 e. The van der Waals surface area contributed by atoms with Gasteiger partial charge in [0.2, 0.25) is 10.0 Å². The molecular weight excluding hydrogens is 394 g/mol. The number of carbonyl (C=O) groups excluding carboxylic acids is 1. The second kappa shape index (κ2) is 7.77. The van der Waals surface area contributed by atoms with E-state index in [4.69, 9.17) is 0 Å². The number of thioether (sulfide) groups is 1. The summed E-state index contributed by atoms with van der Waals surface area (Å²) in [4.78, 5) is 14.2. The normalized spacial score (nSPS) is 19.6. The van der Waals surface area contributed by atoms with E-state index in [1.165, 1.54) is 0 Å². The van der Waals surface area contributed by atoms with Crippen LogP contribution >= 0.6 is 11.8 Å². The molecule has 4 rings (SSSR count).